The fourth-order valence-electron chi connectivity index (χ4n) is 0. The topological polar surface area (TPSA) is 106 Å². The Labute approximate surface area is 61.2 Å². The van der Waals surface area contributed by atoms with Crippen LogP contribution >= 0.6 is 0 Å². The third kappa shape index (κ3) is 206. The first kappa shape index (κ1) is 15.7. The Hall–Kier alpha value is 0.896. The Bertz CT molecular complexity index is 91.2. The second-order valence-electron chi connectivity index (χ2n) is 0.448. The summed E-state index contributed by atoms with van der Waals surface area (Å²) in [7, 11) is 0. The molecule has 0 aliphatic carbocycles. The summed E-state index contributed by atoms with van der Waals surface area (Å²) in [6, 6.07) is 0. The first-order chi connectivity index (χ1) is 2.00. The fourth-order valence-corrected chi connectivity index (χ4v) is 0. The summed E-state index contributed by atoms with van der Waals surface area (Å²) in [5, 5.41) is 0. The van der Waals surface area contributed by atoms with Gasteiger partial charge < -0.3 is 5.48 Å². The molecule has 0 aromatic carbocycles. The van der Waals surface area contributed by atoms with Gasteiger partial charge in [0.1, 0.15) is 0 Å². The van der Waals surface area contributed by atoms with Crippen molar-refractivity contribution in [2.75, 3.05) is 0 Å². The molecule has 0 bridgehead atoms. The molecule has 0 rings (SSSR count). The van der Waals surface area contributed by atoms with E-state index >= 15 is 0 Å². The zero-order valence-electron chi connectivity index (χ0n) is 3.33. The summed E-state index contributed by atoms with van der Waals surface area (Å²) in [5.41, 5.74) is 0. The van der Waals surface area contributed by atoms with Gasteiger partial charge >= 0.3 is 55.7 Å². The van der Waals surface area contributed by atoms with Crippen LogP contribution in [0.4, 0.5) is 0 Å². The van der Waals surface area contributed by atoms with Crippen LogP contribution in [0.5, 0.6) is 0 Å². The Morgan fingerprint density at radius 2 is 1.14 bits per heavy atom. The van der Waals surface area contributed by atoms with E-state index < -0.39 is 13.6 Å². The van der Waals surface area contributed by atoms with Gasteiger partial charge in [0.25, 0.3) is 0 Å². The van der Waals surface area contributed by atoms with E-state index in [4.69, 9.17) is 15.9 Å². The van der Waals surface area contributed by atoms with E-state index in [2.05, 4.69) is 0 Å². The van der Waals surface area contributed by atoms with Gasteiger partial charge in [0.05, 0.1) is 0 Å². The van der Waals surface area contributed by atoms with E-state index in [1.807, 2.05) is 0 Å². The quantitative estimate of drug-likeness (QED) is 0.446. The maximum atomic E-state index is 8.82. The van der Waals surface area contributed by atoms with E-state index in [-0.39, 0.29) is 31.7 Å². The van der Waals surface area contributed by atoms with Crippen LogP contribution in [0.25, 0.3) is 0 Å². The van der Waals surface area contributed by atoms with Gasteiger partial charge in [-0.25, -0.2) is 0 Å². The zero-order chi connectivity index (χ0) is 4.50. The Morgan fingerprint density at radius 1 is 1.14 bits per heavy atom. The third-order valence-corrected chi connectivity index (χ3v) is 0. The molecule has 0 aliphatic heterocycles. The minimum atomic E-state index is -5.25. The first-order valence-electron chi connectivity index (χ1n) is 0.698. The van der Waals surface area contributed by atoms with Gasteiger partial charge in [-0.2, -0.15) is 0 Å². The summed E-state index contributed by atoms with van der Waals surface area (Å²) in [6.07, 6.45) is 0. The van der Waals surface area contributed by atoms with Crippen molar-refractivity contribution in [3.8, 4) is 0 Å². The van der Waals surface area contributed by atoms with Crippen molar-refractivity contribution >= 4 is 26.2 Å². The van der Waals surface area contributed by atoms with Gasteiger partial charge in [-0.05, 0) is 0 Å². The summed E-state index contributed by atoms with van der Waals surface area (Å²) in [4.78, 5) is 0. The molecule has 0 saturated carbocycles. The van der Waals surface area contributed by atoms with Gasteiger partial charge in [0.2, 0.25) is 0 Å². The molecule has 4 N–H and O–H groups in total. The van der Waals surface area contributed by atoms with Crippen LogP contribution in [-0.4, -0.2) is 40.0 Å². The summed E-state index contributed by atoms with van der Waals surface area (Å²) in [6.45, 7) is 0. The molecule has 0 heterocycles. The molecule has 0 amide bonds. The SMILES string of the molecule is O.[BiH3].[O]=[Cr](=[O])([OH])[OH]. The van der Waals surface area contributed by atoms with Crippen LogP contribution in [0.1, 0.15) is 0 Å². The van der Waals surface area contributed by atoms with Gasteiger partial charge in [-0.3, -0.25) is 0 Å². The Morgan fingerprint density at radius 3 is 1.14 bits per heavy atom. The van der Waals surface area contributed by atoms with Crippen LogP contribution in [0.15, 0.2) is 0 Å². The second kappa shape index (κ2) is 5.04. The molecule has 0 aromatic rings. The molecule has 5 nitrogen and oxygen atoms in total. The second-order valence-corrected chi connectivity index (χ2v) is 1.85. The van der Waals surface area contributed by atoms with Crippen LogP contribution in [0.3, 0.4) is 0 Å². The minimum absolute atomic E-state index is 0. The van der Waals surface area contributed by atoms with E-state index in [9.17, 15) is 0 Å². The molecule has 0 aliphatic rings. The predicted molar refractivity (Wildman–Crippen MR) is 19.4 cm³/mol. The van der Waals surface area contributed by atoms with Crippen molar-refractivity contribution < 1.29 is 35.0 Å². The van der Waals surface area contributed by atoms with E-state index in [0.29, 0.717) is 0 Å². The molecule has 0 spiro atoms. The number of hydrogen-bond acceptors (Lipinski definition) is 2. The van der Waals surface area contributed by atoms with Gasteiger partial charge in [0, 0.05) is 0 Å². The molecule has 48 valence electrons. The summed E-state index contributed by atoms with van der Waals surface area (Å²) in [5.74, 6) is 0. The summed E-state index contributed by atoms with van der Waals surface area (Å²) >= 11 is -5.25. The van der Waals surface area contributed by atoms with Crippen LogP contribution in [0, 0.1) is 0 Å². The molecule has 7 heteroatoms. The molecule has 0 fully saturated rings. The van der Waals surface area contributed by atoms with Crippen molar-refractivity contribution in [1.29, 1.82) is 0 Å². The van der Waals surface area contributed by atoms with Gasteiger partial charge in [-0.15, -0.1) is 0 Å². The third-order valence-electron chi connectivity index (χ3n) is 0. The van der Waals surface area contributed by atoms with Crippen molar-refractivity contribution in [3.63, 3.8) is 0 Å². The molecule has 0 saturated heterocycles. The molecule has 0 aromatic heterocycles. The average molecular weight is 348 g/mol. The van der Waals surface area contributed by atoms with Crippen LogP contribution in [0.2, 0.25) is 0 Å². The molecule has 0 atom stereocenters. The van der Waals surface area contributed by atoms with E-state index in [1.54, 1.807) is 0 Å². The predicted octanol–water partition coefficient (Wildman–Crippen LogP) is -3.36. The standard InChI is InChI=1S/Bi.Cr.3H2O.2O.3H/h;;3*1H2;;;;;/q;+2;;;;;;;;/p-2. The Kier molecular flexibility index (Phi) is 11.3. The first-order valence-corrected chi connectivity index (χ1v) is 2.88. The Balaban J connectivity index is -0.0000000800. The summed E-state index contributed by atoms with van der Waals surface area (Å²) < 4.78 is 31.9. The monoisotopic (exact) mass is 348 g/mol. The molecular formula is H7BiCrO5. The van der Waals surface area contributed by atoms with E-state index in [0.717, 1.165) is 0 Å². The zero-order valence-corrected chi connectivity index (χ0v) is 10.1. The molecular weight excluding hydrogens is 341 g/mol. The van der Waals surface area contributed by atoms with Crippen molar-refractivity contribution in [1.82, 2.24) is 0 Å². The van der Waals surface area contributed by atoms with Crippen molar-refractivity contribution in [3.05, 3.63) is 0 Å². The normalized spacial score (nSPS) is 8.29. The van der Waals surface area contributed by atoms with Crippen molar-refractivity contribution in [2.24, 2.45) is 0 Å². The maximum absolute atomic E-state index is 8.82. The van der Waals surface area contributed by atoms with Gasteiger partial charge in [0.15, 0.2) is 0 Å². The number of rotatable bonds is 0. The average Bonchev–Trinajstić information content (AvgIpc) is 0.722. The molecule has 0 unspecified atom stereocenters. The number of hydrogen-bond donors (Lipinski definition) is 2. The fraction of sp³-hybridized carbons (Fsp3) is 0. The van der Waals surface area contributed by atoms with E-state index in [1.165, 1.54) is 0 Å². The molecule has 0 radical (unpaired) electrons. The van der Waals surface area contributed by atoms with Crippen molar-refractivity contribution in [2.45, 2.75) is 0 Å². The van der Waals surface area contributed by atoms with Gasteiger partial charge in [-0.1, -0.05) is 0 Å². The van der Waals surface area contributed by atoms with Crippen LogP contribution in [-0.2, 0) is 21.2 Å². The van der Waals surface area contributed by atoms with Crippen LogP contribution < -0.4 is 0 Å². The molecule has 7 heavy (non-hydrogen) atoms.